The maximum atomic E-state index is 10.3. The van der Waals surface area contributed by atoms with Crippen molar-refractivity contribution in [3.8, 4) is 0 Å². The molecular weight excluding hydrogens is 380 g/mol. The Morgan fingerprint density at radius 3 is 2.48 bits per heavy atom. The van der Waals surface area contributed by atoms with E-state index in [0.717, 1.165) is 42.4 Å². The molecule has 0 bridgehead atoms. The van der Waals surface area contributed by atoms with Gasteiger partial charge in [-0.2, -0.15) is 0 Å². The van der Waals surface area contributed by atoms with Gasteiger partial charge < -0.3 is 9.84 Å². The summed E-state index contributed by atoms with van der Waals surface area (Å²) in [5, 5.41) is 10.3. The van der Waals surface area contributed by atoms with E-state index in [4.69, 9.17) is 4.74 Å². The van der Waals surface area contributed by atoms with Crippen LogP contribution >= 0.6 is 0 Å². The number of ether oxygens (including phenoxy) is 1. The van der Waals surface area contributed by atoms with Crippen molar-refractivity contribution < 1.29 is 9.84 Å². The molecule has 0 radical (unpaired) electrons. The highest BCUT2D eigenvalue weighted by atomic mass is 16.6. The topological polar surface area (TPSA) is 32.8 Å². The second kappa shape index (κ2) is 7.59. The van der Waals surface area contributed by atoms with Gasteiger partial charge in [-0.3, -0.25) is 0 Å². The van der Waals surface area contributed by atoms with Crippen molar-refractivity contribution in [1.82, 2.24) is 0 Å². The summed E-state index contributed by atoms with van der Waals surface area (Å²) in [5.41, 5.74) is 2.69. The Morgan fingerprint density at radius 2 is 1.81 bits per heavy atom. The van der Waals surface area contributed by atoms with Crippen molar-refractivity contribution in [2.75, 3.05) is 0 Å². The third-order valence-electron chi connectivity index (χ3n) is 11.8. The van der Waals surface area contributed by atoms with Crippen LogP contribution in [0.2, 0.25) is 0 Å². The average Bonchev–Trinajstić information content (AvgIpc) is 3.25. The molecule has 4 aliphatic carbocycles. The number of rotatable bonds is 5. The van der Waals surface area contributed by atoms with Crippen molar-refractivity contribution >= 4 is 0 Å². The van der Waals surface area contributed by atoms with E-state index in [1.807, 2.05) is 0 Å². The second-order valence-electron chi connectivity index (χ2n) is 13.3. The van der Waals surface area contributed by atoms with E-state index in [1.54, 1.807) is 5.57 Å². The summed E-state index contributed by atoms with van der Waals surface area (Å²) in [6.07, 6.45) is 15.7. The summed E-state index contributed by atoms with van der Waals surface area (Å²) >= 11 is 0. The molecule has 31 heavy (non-hydrogen) atoms. The van der Waals surface area contributed by atoms with E-state index in [9.17, 15) is 5.11 Å². The fraction of sp³-hybridized carbons (Fsp3) is 0.931. The zero-order chi connectivity index (χ0) is 22.2. The lowest BCUT2D eigenvalue weighted by atomic mass is 9.47. The standard InChI is InChI=1S/C29H48O2/c1-18(2)29(20(4)31-29)16-11-19(3)24-9-10-25-23-8-7-21-17-22(30)12-14-27(21,5)26(23)13-15-28(24,25)6/h7,18-20,22-26,30H,8-17H2,1-6H3/t19-,20-,22+,23?,24-,25?,26?,27+,28-,29+/m1/s1. The molecule has 3 saturated carbocycles. The van der Waals surface area contributed by atoms with Gasteiger partial charge in [-0.25, -0.2) is 0 Å². The SMILES string of the molecule is CC(C)[C@]1(CC[C@@H](C)[C@H]2CCC3C4CC=C5C[C@@H](O)CC[C@]5(C)C4CC[C@@]32C)O[C@@H]1C. The number of hydrogen-bond acceptors (Lipinski definition) is 2. The first-order valence-electron chi connectivity index (χ1n) is 13.7. The fourth-order valence-electron chi connectivity index (χ4n) is 9.72. The normalized spacial score (nSPS) is 52.2. The van der Waals surface area contributed by atoms with Gasteiger partial charge in [0.15, 0.2) is 0 Å². The lowest BCUT2D eigenvalue weighted by Crippen LogP contribution is -2.50. The zero-order valence-electron chi connectivity index (χ0n) is 21.1. The van der Waals surface area contributed by atoms with E-state index in [-0.39, 0.29) is 11.7 Å². The van der Waals surface area contributed by atoms with Gasteiger partial charge in [0.2, 0.25) is 0 Å². The van der Waals surface area contributed by atoms with Crippen LogP contribution < -0.4 is 0 Å². The Morgan fingerprint density at radius 1 is 1.06 bits per heavy atom. The maximum Gasteiger partial charge on any atom is 0.0968 e. The highest BCUT2D eigenvalue weighted by molar-refractivity contribution is 5.25. The predicted octanol–water partition coefficient (Wildman–Crippen LogP) is 7.16. The minimum absolute atomic E-state index is 0.0891. The van der Waals surface area contributed by atoms with Crippen LogP contribution in [0.4, 0.5) is 0 Å². The van der Waals surface area contributed by atoms with Crippen molar-refractivity contribution in [3.05, 3.63) is 11.6 Å². The molecule has 0 amide bonds. The number of epoxide rings is 1. The molecular formula is C29H48O2. The third-order valence-corrected chi connectivity index (χ3v) is 11.8. The Bertz CT molecular complexity index is 726. The van der Waals surface area contributed by atoms with Crippen molar-refractivity contribution in [2.45, 2.75) is 124 Å². The average molecular weight is 429 g/mol. The quantitative estimate of drug-likeness (QED) is 0.372. The van der Waals surface area contributed by atoms with E-state index in [2.05, 4.69) is 47.6 Å². The van der Waals surface area contributed by atoms with E-state index in [1.165, 1.54) is 51.4 Å². The molecule has 1 N–H and O–H groups in total. The summed E-state index contributed by atoms with van der Waals surface area (Å²) in [4.78, 5) is 0. The van der Waals surface area contributed by atoms with E-state index < -0.39 is 0 Å². The predicted molar refractivity (Wildman–Crippen MR) is 128 cm³/mol. The van der Waals surface area contributed by atoms with Gasteiger partial charge in [0, 0.05) is 0 Å². The van der Waals surface area contributed by atoms with Crippen LogP contribution in [0.15, 0.2) is 11.6 Å². The zero-order valence-corrected chi connectivity index (χ0v) is 21.1. The maximum absolute atomic E-state index is 10.3. The van der Waals surface area contributed by atoms with E-state index >= 15 is 0 Å². The fourth-order valence-corrected chi connectivity index (χ4v) is 9.72. The molecule has 5 rings (SSSR count). The Kier molecular flexibility index (Phi) is 5.50. The van der Waals surface area contributed by atoms with Crippen LogP contribution in [-0.4, -0.2) is 22.9 Å². The highest BCUT2D eigenvalue weighted by Crippen LogP contribution is 2.67. The van der Waals surface area contributed by atoms with Crippen LogP contribution in [0.25, 0.3) is 0 Å². The molecule has 2 nitrogen and oxygen atoms in total. The van der Waals surface area contributed by atoms with E-state index in [0.29, 0.717) is 22.9 Å². The van der Waals surface area contributed by atoms with Gasteiger partial charge in [-0.05, 0) is 117 Å². The molecule has 1 aliphatic heterocycles. The molecule has 2 heteroatoms. The lowest BCUT2D eigenvalue weighted by molar-refractivity contribution is -0.0576. The first-order valence-corrected chi connectivity index (χ1v) is 13.7. The first-order chi connectivity index (χ1) is 14.6. The van der Waals surface area contributed by atoms with Crippen LogP contribution in [0, 0.1) is 46.3 Å². The van der Waals surface area contributed by atoms with Crippen molar-refractivity contribution in [2.24, 2.45) is 46.3 Å². The van der Waals surface area contributed by atoms with Gasteiger partial charge >= 0.3 is 0 Å². The summed E-state index contributed by atoms with van der Waals surface area (Å²) < 4.78 is 6.13. The van der Waals surface area contributed by atoms with Gasteiger partial charge in [-0.15, -0.1) is 0 Å². The van der Waals surface area contributed by atoms with Crippen LogP contribution in [-0.2, 0) is 4.74 Å². The highest BCUT2D eigenvalue weighted by Gasteiger charge is 2.60. The number of hydrogen-bond donors (Lipinski definition) is 1. The number of allylic oxidation sites excluding steroid dienone is 1. The van der Waals surface area contributed by atoms with Gasteiger partial charge in [0.25, 0.3) is 0 Å². The molecule has 0 aromatic rings. The molecule has 3 unspecified atom stereocenters. The molecule has 0 aromatic heterocycles. The van der Waals surface area contributed by atoms with Crippen molar-refractivity contribution in [3.63, 3.8) is 0 Å². The van der Waals surface area contributed by atoms with Crippen LogP contribution in [0.5, 0.6) is 0 Å². The molecule has 0 aromatic carbocycles. The van der Waals surface area contributed by atoms with Gasteiger partial charge in [0.05, 0.1) is 17.8 Å². The second-order valence-corrected chi connectivity index (χ2v) is 13.3. The summed E-state index contributed by atoms with van der Waals surface area (Å²) in [6, 6.07) is 0. The number of fused-ring (bicyclic) bond motifs is 5. The summed E-state index contributed by atoms with van der Waals surface area (Å²) in [5.74, 6) is 4.99. The third kappa shape index (κ3) is 3.32. The van der Waals surface area contributed by atoms with Crippen molar-refractivity contribution in [1.29, 1.82) is 0 Å². The smallest absolute Gasteiger partial charge is 0.0968 e. The minimum atomic E-state index is -0.0891. The van der Waals surface area contributed by atoms with Gasteiger partial charge in [-0.1, -0.05) is 46.3 Å². The Hall–Kier alpha value is -0.340. The minimum Gasteiger partial charge on any atom is -0.393 e. The molecule has 1 saturated heterocycles. The van der Waals surface area contributed by atoms with Gasteiger partial charge in [0.1, 0.15) is 0 Å². The number of aliphatic hydroxyl groups excluding tert-OH is 1. The largest absolute Gasteiger partial charge is 0.393 e. The molecule has 0 spiro atoms. The first kappa shape index (κ1) is 22.5. The molecule has 4 fully saturated rings. The Labute approximate surface area is 191 Å². The molecule has 176 valence electrons. The number of aliphatic hydroxyl groups is 1. The van der Waals surface area contributed by atoms with Crippen LogP contribution in [0.3, 0.4) is 0 Å². The van der Waals surface area contributed by atoms with Crippen LogP contribution in [0.1, 0.15) is 106 Å². The molecule has 5 aliphatic rings. The molecule has 1 heterocycles. The lowest BCUT2D eigenvalue weighted by Gasteiger charge is -2.58. The summed E-state index contributed by atoms with van der Waals surface area (Å²) in [7, 11) is 0. The Balaban J connectivity index is 1.30. The monoisotopic (exact) mass is 428 g/mol. The summed E-state index contributed by atoms with van der Waals surface area (Å²) in [6.45, 7) is 14.8. The molecule has 10 atom stereocenters.